The highest BCUT2D eigenvalue weighted by atomic mass is 32.2. The van der Waals surface area contributed by atoms with Gasteiger partial charge in [-0.3, -0.25) is 0 Å². The molecule has 1 aromatic rings. The molecule has 0 N–H and O–H groups in total. The monoisotopic (exact) mass is 202 g/mol. The van der Waals surface area contributed by atoms with E-state index in [4.69, 9.17) is 0 Å². The third kappa shape index (κ3) is 3.16. The highest BCUT2D eigenvalue weighted by Gasteiger charge is 2.00. The summed E-state index contributed by atoms with van der Waals surface area (Å²) < 4.78 is 36.0. The van der Waals surface area contributed by atoms with Crippen LogP contribution in [0, 0.1) is 11.6 Å². The van der Waals surface area contributed by atoms with E-state index in [0.29, 0.717) is 0 Å². The lowest BCUT2D eigenvalue weighted by Gasteiger charge is -1.97. The normalized spacial score (nSPS) is 13.5. The summed E-state index contributed by atoms with van der Waals surface area (Å²) in [7, 11) is 0. The third-order valence-corrected chi connectivity index (χ3v) is 1.92. The van der Waals surface area contributed by atoms with Crippen LogP contribution in [0.3, 0.4) is 0 Å². The summed E-state index contributed by atoms with van der Waals surface area (Å²) >= 11 is -1.12. The van der Waals surface area contributed by atoms with Gasteiger partial charge in [0.15, 0.2) is 0 Å². The van der Waals surface area contributed by atoms with E-state index in [9.17, 15) is 13.3 Å². The van der Waals surface area contributed by atoms with Gasteiger partial charge in [-0.15, -0.1) is 0 Å². The minimum absolute atomic E-state index is 0.233. The van der Waals surface area contributed by atoms with E-state index in [0.717, 1.165) is 12.1 Å². The quantitative estimate of drug-likeness (QED) is 0.675. The van der Waals surface area contributed by atoms with Crippen LogP contribution in [0.4, 0.5) is 8.78 Å². The first-order valence-electron chi connectivity index (χ1n) is 3.55. The molecule has 0 radical (unpaired) electrons. The molecule has 1 nitrogen and oxygen atoms in total. The van der Waals surface area contributed by atoms with Crippen molar-refractivity contribution in [2.75, 3.05) is 6.26 Å². The van der Waals surface area contributed by atoms with Crippen LogP contribution in [0.25, 0.3) is 6.08 Å². The second-order valence-electron chi connectivity index (χ2n) is 2.47. The highest BCUT2D eigenvalue weighted by molar-refractivity contribution is 7.93. The maximum Gasteiger partial charge on any atom is 0.133 e. The van der Waals surface area contributed by atoms with Gasteiger partial charge in [0.25, 0.3) is 0 Å². The Morgan fingerprint density at radius 3 is 2.62 bits per heavy atom. The van der Waals surface area contributed by atoms with Crippen LogP contribution >= 0.6 is 0 Å². The fraction of sp³-hybridized carbons (Fsp3) is 0.111. The Morgan fingerprint density at radius 2 is 2.08 bits per heavy atom. The van der Waals surface area contributed by atoms with Crippen molar-refractivity contribution < 1.29 is 13.3 Å². The Kier molecular flexibility index (Phi) is 3.45. The van der Waals surface area contributed by atoms with Crippen molar-refractivity contribution in [1.82, 2.24) is 0 Å². The van der Waals surface area contributed by atoms with E-state index < -0.39 is 22.8 Å². The van der Waals surface area contributed by atoms with E-state index in [-0.39, 0.29) is 5.56 Å². The summed E-state index contributed by atoms with van der Waals surface area (Å²) in [4.78, 5) is 0. The van der Waals surface area contributed by atoms with Crippen molar-refractivity contribution in [3.8, 4) is 0 Å². The summed E-state index contributed by atoms with van der Waals surface area (Å²) in [5.74, 6) is -1.27. The summed E-state index contributed by atoms with van der Waals surface area (Å²) in [6.45, 7) is 0. The van der Waals surface area contributed by atoms with Gasteiger partial charge in [-0.1, -0.05) is 0 Å². The molecule has 0 spiro atoms. The van der Waals surface area contributed by atoms with Crippen LogP contribution < -0.4 is 0 Å². The number of benzene rings is 1. The van der Waals surface area contributed by atoms with Gasteiger partial charge in [-0.2, -0.15) is 0 Å². The Morgan fingerprint density at radius 1 is 1.38 bits per heavy atom. The summed E-state index contributed by atoms with van der Waals surface area (Å²) in [6.07, 6.45) is 2.84. The van der Waals surface area contributed by atoms with Crippen molar-refractivity contribution in [2.24, 2.45) is 0 Å². The van der Waals surface area contributed by atoms with Gasteiger partial charge in [0.2, 0.25) is 0 Å². The standard InChI is InChI=1S/C9H8F2OS/c1-13(12)5-4-7-2-3-8(10)6-9(7)11/h2-6H,1H3/b5-4+. The van der Waals surface area contributed by atoms with Crippen molar-refractivity contribution in [3.05, 3.63) is 40.8 Å². The first-order valence-corrected chi connectivity index (χ1v) is 5.17. The van der Waals surface area contributed by atoms with E-state index in [1.807, 2.05) is 0 Å². The molecule has 0 amide bonds. The Bertz CT molecular complexity index is 323. The zero-order chi connectivity index (χ0) is 9.84. The maximum absolute atomic E-state index is 12.9. The molecule has 70 valence electrons. The SMILES string of the molecule is C[S+]([O-])/C=C/c1ccc(F)cc1F. The summed E-state index contributed by atoms with van der Waals surface area (Å²) in [6, 6.07) is 3.24. The van der Waals surface area contributed by atoms with Crippen LogP contribution in [0.15, 0.2) is 23.6 Å². The minimum atomic E-state index is -1.12. The lowest BCUT2D eigenvalue weighted by atomic mass is 10.2. The molecule has 0 bridgehead atoms. The zero-order valence-corrected chi connectivity index (χ0v) is 7.78. The van der Waals surface area contributed by atoms with Gasteiger partial charge >= 0.3 is 0 Å². The largest absolute Gasteiger partial charge is 0.612 e. The second kappa shape index (κ2) is 4.39. The van der Waals surface area contributed by atoms with Crippen LogP contribution in [-0.2, 0) is 11.2 Å². The van der Waals surface area contributed by atoms with Crippen LogP contribution in [-0.4, -0.2) is 10.8 Å². The molecule has 13 heavy (non-hydrogen) atoms. The number of halogens is 2. The lowest BCUT2D eigenvalue weighted by molar-refractivity contribution is 0.581. The Labute approximate surface area is 78.3 Å². The van der Waals surface area contributed by atoms with Crippen LogP contribution in [0.5, 0.6) is 0 Å². The highest BCUT2D eigenvalue weighted by Crippen LogP contribution is 2.11. The molecule has 0 aliphatic heterocycles. The smallest absolute Gasteiger partial charge is 0.133 e. The topological polar surface area (TPSA) is 23.1 Å². The molecule has 1 aromatic carbocycles. The predicted octanol–water partition coefficient (Wildman–Crippen LogP) is 2.31. The first kappa shape index (κ1) is 10.2. The van der Waals surface area contributed by atoms with Gasteiger partial charge in [-0.25, -0.2) is 8.78 Å². The molecule has 0 saturated carbocycles. The van der Waals surface area contributed by atoms with Crippen molar-refractivity contribution in [3.63, 3.8) is 0 Å². The molecule has 0 aliphatic carbocycles. The third-order valence-electron chi connectivity index (χ3n) is 1.40. The maximum atomic E-state index is 12.9. The molecule has 0 heterocycles. The zero-order valence-electron chi connectivity index (χ0n) is 6.96. The minimum Gasteiger partial charge on any atom is -0.612 e. The van der Waals surface area contributed by atoms with E-state index in [2.05, 4.69) is 0 Å². The summed E-state index contributed by atoms with van der Waals surface area (Å²) in [5, 5.41) is 1.34. The van der Waals surface area contributed by atoms with Gasteiger partial charge in [0, 0.05) is 11.6 Å². The fourth-order valence-electron chi connectivity index (χ4n) is 0.806. The van der Waals surface area contributed by atoms with Gasteiger partial charge in [-0.05, 0) is 29.4 Å². The van der Waals surface area contributed by atoms with Crippen LogP contribution in [0.2, 0.25) is 0 Å². The van der Waals surface area contributed by atoms with Crippen molar-refractivity contribution in [2.45, 2.75) is 0 Å². The van der Waals surface area contributed by atoms with Gasteiger partial charge in [0.1, 0.15) is 17.0 Å². The second-order valence-corrected chi connectivity index (χ2v) is 3.74. The molecule has 1 unspecified atom stereocenters. The molecule has 0 saturated heterocycles. The fourth-order valence-corrected chi connectivity index (χ4v) is 1.14. The molecular formula is C9H8F2OS. The molecular weight excluding hydrogens is 194 g/mol. The molecule has 0 aliphatic rings. The van der Waals surface area contributed by atoms with Gasteiger partial charge < -0.3 is 4.55 Å². The Hall–Kier alpha value is -0.870. The first-order chi connectivity index (χ1) is 6.09. The van der Waals surface area contributed by atoms with E-state index in [1.165, 1.54) is 23.8 Å². The van der Waals surface area contributed by atoms with Crippen molar-refractivity contribution >= 4 is 17.3 Å². The lowest BCUT2D eigenvalue weighted by Crippen LogP contribution is -1.89. The number of hydrogen-bond acceptors (Lipinski definition) is 1. The van der Waals surface area contributed by atoms with E-state index >= 15 is 0 Å². The van der Waals surface area contributed by atoms with E-state index in [1.54, 1.807) is 0 Å². The molecule has 1 rings (SSSR count). The Balaban J connectivity index is 2.90. The molecule has 0 aromatic heterocycles. The van der Waals surface area contributed by atoms with Crippen LogP contribution in [0.1, 0.15) is 5.56 Å². The number of hydrogen-bond donors (Lipinski definition) is 0. The molecule has 1 atom stereocenters. The average molecular weight is 202 g/mol. The number of rotatable bonds is 2. The van der Waals surface area contributed by atoms with Crippen molar-refractivity contribution in [1.29, 1.82) is 0 Å². The molecule has 0 fully saturated rings. The summed E-state index contributed by atoms with van der Waals surface area (Å²) in [5.41, 5.74) is 0.233. The van der Waals surface area contributed by atoms with Gasteiger partial charge in [0.05, 0.1) is 6.26 Å². The average Bonchev–Trinajstić information content (AvgIpc) is 2.02. The predicted molar refractivity (Wildman–Crippen MR) is 49.5 cm³/mol. The molecule has 4 heteroatoms.